The van der Waals surface area contributed by atoms with Gasteiger partial charge >= 0.3 is 0 Å². The molecule has 2 saturated heterocycles. The maximum atomic E-state index is 12.0. The fourth-order valence-electron chi connectivity index (χ4n) is 3.66. The zero-order valence-electron chi connectivity index (χ0n) is 16.2. The molecule has 2 fully saturated rings. The molecule has 0 aliphatic carbocycles. The third-order valence-corrected chi connectivity index (χ3v) is 5.24. The Balaban J connectivity index is 1.68. The lowest BCUT2D eigenvalue weighted by Gasteiger charge is -2.21. The summed E-state index contributed by atoms with van der Waals surface area (Å²) in [7, 11) is 0. The molecule has 6 heteroatoms. The number of hydrogen-bond donors (Lipinski definition) is 2. The Morgan fingerprint density at radius 3 is 2.84 bits per heavy atom. The SMILES string of the molecule is CCNC(=NCC1CCN(CC)C1)NCCCN1CCCCCC1=O. The van der Waals surface area contributed by atoms with Gasteiger partial charge in [0.05, 0.1) is 0 Å². The Hall–Kier alpha value is -1.30. The standard InChI is InChI=1S/C19H37N5O/c1-3-20-19(22-15-17-10-14-23(4-2)16-17)21-11-8-13-24-12-7-5-6-9-18(24)25/h17H,3-16H2,1-2H3,(H2,20,21,22). The number of carbonyl (C=O) groups is 1. The lowest BCUT2D eigenvalue weighted by atomic mass is 10.1. The molecule has 0 aromatic heterocycles. The molecule has 1 amide bonds. The van der Waals surface area contributed by atoms with Gasteiger partial charge in [-0.1, -0.05) is 13.3 Å². The topological polar surface area (TPSA) is 60.0 Å². The summed E-state index contributed by atoms with van der Waals surface area (Å²) >= 11 is 0. The molecule has 6 nitrogen and oxygen atoms in total. The van der Waals surface area contributed by atoms with E-state index in [1.807, 2.05) is 4.90 Å². The largest absolute Gasteiger partial charge is 0.357 e. The van der Waals surface area contributed by atoms with E-state index in [1.165, 1.54) is 25.9 Å². The first-order chi connectivity index (χ1) is 12.2. The van der Waals surface area contributed by atoms with Gasteiger partial charge < -0.3 is 20.4 Å². The number of nitrogens with zero attached hydrogens (tertiary/aromatic N) is 3. The van der Waals surface area contributed by atoms with Crippen molar-refractivity contribution in [3.63, 3.8) is 0 Å². The van der Waals surface area contributed by atoms with Gasteiger partial charge in [-0.3, -0.25) is 9.79 Å². The third-order valence-electron chi connectivity index (χ3n) is 5.24. The molecule has 0 radical (unpaired) electrons. The third kappa shape index (κ3) is 7.22. The molecule has 2 aliphatic rings. The lowest BCUT2D eigenvalue weighted by Crippen LogP contribution is -2.39. The summed E-state index contributed by atoms with van der Waals surface area (Å²) < 4.78 is 0. The molecule has 2 heterocycles. The molecule has 144 valence electrons. The average Bonchev–Trinajstić information content (AvgIpc) is 2.99. The van der Waals surface area contributed by atoms with Gasteiger partial charge in [0.2, 0.25) is 5.91 Å². The lowest BCUT2D eigenvalue weighted by molar-refractivity contribution is -0.130. The van der Waals surface area contributed by atoms with Crippen molar-refractivity contribution >= 4 is 11.9 Å². The number of guanidine groups is 1. The molecule has 2 N–H and O–H groups in total. The van der Waals surface area contributed by atoms with Crippen LogP contribution >= 0.6 is 0 Å². The van der Waals surface area contributed by atoms with Gasteiger partial charge in [0.25, 0.3) is 0 Å². The maximum Gasteiger partial charge on any atom is 0.222 e. The van der Waals surface area contributed by atoms with Crippen LogP contribution < -0.4 is 10.6 Å². The van der Waals surface area contributed by atoms with Gasteiger partial charge in [-0.05, 0) is 51.6 Å². The zero-order chi connectivity index (χ0) is 17.9. The van der Waals surface area contributed by atoms with E-state index in [0.29, 0.717) is 11.8 Å². The van der Waals surface area contributed by atoms with Crippen molar-refractivity contribution in [1.29, 1.82) is 0 Å². The Kier molecular flexibility index (Phi) is 9.08. The highest BCUT2D eigenvalue weighted by Gasteiger charge is 2.20. The maximum absolute atomic E-state index is 12.0. The fourth-order valence-corrected chi connectivity index (χ4v) is 3.66. The molecule has 2 aliphatic heterocycles. The Bertz CT molecular complexity index is 426. The van der Waals surface area contributed by atoms with Crippen LogP contribution in [0.4, 0.5) is 0 Å². The predicted octanol–water partition coefficient (Wildman–Crippen LogP) is 1.68. The first-order valence-corrected chi connectivity index (χ1v) is 10.2. The molecule has 0 aromatic rings. The number of aliphatic imine (C=N–C) groups is 1. The molecule has 0 aromatic carbocycles. The Morgan fingerprint density at radius 1 is 1.20 bits per heavy atom. The van der Waals surface area contributed by atoms with Crippen LogP contribution in [0.1, 0.15) is 52.4 Å². The molecule has 1 unspecified atom stereocenters. The monoisotopic (exact) mass is 351 g/mol. The van der Waals surface area contributed by atoms with Crippen molar-refractivity contribution in [3.05, 3.63) is 0 Å². The Morgan fingerprint density at radius 2 is 2.08 bits per heavy atom. The number of hydrogen-bond acceptors (Lipinski definition) is 3. The van der Waals surface area contributed by atoms with E-state index in [9.17, 15) is 4.79 Å². The first kappa shape index (κ1) is 20.0. The van der Waals surface area contributed by atoms with Gasteiger partial charge in [-0.2, -0.15) is 0 Å². The first-order valence-electron chi connectivity index (χ1n) is 10.2. The summed E-state index contributed by atoms with van der Waals surface area (Å²) in [6.07, 6.45) is 6.36. The van der Waals surface area contributed by atoms with Crippen LogP contribution in [-0.4, -0.2) is 74.0 Å². The van der Waals surface area contributed by atoms with Crippen molar-refractivity contribution in [2.45, 2.75) is 52.4 Å². The summed E-state index contributed by atoms with van der Waals surface area (Å²) in [4.78, 5) is 21.3. The van der Waals surface area contributed by atoms with E-state index in [-0.39, 0.29) is 0 Å². The van der Waals surface area contributed by atoms with Gasteiger partial charge in [0, 0.05) is 45.7 Å². The van der Waals surface area contributed by atoms with Crippen LogP contribution in [0.2, 0.25) is 0 Å². The van der Waals surface area contributed by atoms with Gasteiger partial charge in [-0.15, -0.1) is 0 Å². The number of carbonyl (C=O) groups excluding carboxylic acids is 1. The highest BCUT2D eigenvalue weighted by atomic mass is 16.2. The van der Waals surface area contributed by atoms with E-state index in [0.717, 1.165) is 70.9 Å². The normalized spacial score (nSPS) is 23.0. The minimum absolute atomic E-state index is 0.333. The zero-order valence-corrected chi connectivity index (χ0v) is 16.2. The van der Waals surface area contributed by atoms with E-state index in [4.69, 9.17) is 4.99 Å². The van der Waals surface area contributed by atoms with Crippen LogP contribution in [0.3, 0.4) is 0 Å². The van der Waals surface area contributed by atoms with Crippen LogP contribution in [0, 0.1) is 5.92 Å². The molecular formula is C19H37N5O. The molecule has 1 atom stereocenters. The highest BCUT2D eigenvalue weighted by molar-refractivity contribution is 5.79. The van der Waals surface area contributed by atoms with Gasteiger partial charge in [0.1, 0.15) is 0 Å². The predicted molar refractivity (Wildman–Crippen MR) is 104 cm³/mol. The van der Waals surface area contributed by atoms with E-state index >= 15 is 0 Å². The van der Waals surface area contributed by atoms with Crippen LogP contribution in [0.25, 0.3) is 0 Å². The number of likely N-dealkylation sites (tertiary alicyclic amines) is 2. The molecule has 0 saturated carbocycles. The second-order valence-corrected chi connectivity index (χ2v) is 7.24. The van der Waals surface area contributed by atoms with Crippen LogP contribution in [-0.2, 0) is 4.79 Å². The minimum atomic E-state index is 0.333. The van der Waals surface area contributed by atoms with Crippen molar-refractivity contribution in [3.8, 4) is 0 Å². The number of nitrogens with one attached hydrogen (secondary N) is 2. The number of amides is 1. The molecule has 2 rings (SSSR count). The van der Waals surface area contributed by atoms with Crippen LogP contribution in [0.5, 0.6) is 0 Å². The molecular weight excluding hydrogens is 314 g/mol. The van der Waals surface area contributed by atoms with E-state index < -0.39 is 0 Å². The smallest absolute Gasteiger partial charge is 0.222 e. The van der Waals surface area contributed by atoms with Crippen molar-refractivity contribution < 1.29 is 4.79 Å². The van der Waals surface area contributed by atoms with Crippen molar-refractivity contribution in [1.82, 2.24) is 20.4 Å². The average molecular weight is 352 g/mol. The summed E-state index contributed by atoms with van der Waals surface area (Å²) in [5, 5.41) is 6.76. The van der Waals surface area contributed by atoms with Gasteiger partial charge in [-0.25, -0.2) is 0 Å². The molecule has 0 spiro atoms. The molecule has 25 heavy (non-hydrogen) atoms. The quantitative estimate of drug-likeness (QED) is 0.397. The van der Waals surface area contributed by atoms with Crippen LogP contribution in [0.15, 0.2) is 4.99 Å². The van der Waals surface area contributed by atoms with E-state index in [2.05, 4.69) is 29.4 Å². The van der Waals surface area contributed by atoms with Crippen molar-refractivity contribution in [2.75, 3.05) is 52.4 Å². The summed E-state index contributed by atoms with van der Waals surface area (Å²) in [6.45, 7) is 12.3. The van der Waals surface area contributed by atoms with E-state index in [1.54, 1.807) is 0 Å². The van der Waals surface area contributed by atoms with Crippen molar-refractivity contribution in [2.24, 2.45) is 10.9 Å². The summed E-state index contributed by atoms with van der Waals surface area (Å²) in [6, 6.07) is 0. The number of rotatable bonds is 8. The minimum Gasteiger partial charge on any atom is -0.357 e. The molecule has 0 bridgehead atoms. The fraction of sp³-hybridized carbons (Fsp3) is 0.895. The van der Waals surface area contributed by atoms with Gasteiger partial charge in [0.15, 0.2) is 5.96 Å². The summed E-state index contributed by atoms with van der Waals surface area (Å²) in [5.74, 6) is 1.93. The summed E-state index contributed by atoms with van der Waals surface area (Å²) in [5.41, 5.74) is 0. The second-order valence-electron chi connectivity index (χ2n) is 7.24. The second kappa shape index (κ2) is 11.3. The Labute approximate surface area is 153 Å². The highest BCUT2D eigenvalue weighted by Crippen LogP contribution is 2.15.